The Morgan fingerprint density at radius 3 is 2.50 bits per heavy atom. The first kappa shape index (κ1) is 17.8. The Labute approximate surface area is 158 Å². The Morgan fingerprint density at radius 2 is 1.75 bits per heavy atom. The lowest BCUT2D eigenvalue weighted by Gasteiger charge is -2.10. The van der Waals surface area contributed by atoms with E-state index >= 15 is 0 Å². The van der Waals surface area contributed by atoms with Crippen LogP contribution in [0.3, 0.4) is 0 Å². The molecule has 0 saturated heterocycles. The molecule has 4 nitrogen and oxygen atoms in total. The molecule has 0 spiro atoms. The highest BCUT2D eigenvalue weighted by molar-refractivity contribution is 6.04. The maximum Gasteiger partial charge on any atom is 0.416 e. The van der Waals surface area contributed by atoms with Gasteiger partial charge in [-0.05, 0) is 30.3 Å². The monoisotopic (exact) mass is 381 g/mol. The molecule has 7 heteroatoms. The van der Waals surface area contributed by atoms with Crippen LogP contribution in [-0.2, 0) is 6.18 Å². The zero-order valence-corrected chi connectivity index (χ0v) is 14.4. The average molecular weight is 381 g/mol. The SMILES string of the molecule is O=C(Nc1cccc(C(F)(F)F)c1)c1ccn2cc(-c3ccccc3)nc2c1. The van der Waals surface area contributed by atoms with E-state index in [9.17, 15) is 18.0 Å². The van der Waals surface area contributed by atoms with Crippen LogP contribution in [0, 0.1) is 0 Å². The van der Waals surface area contributed by atoms with Gasteiger partial charge in [0.2, 0.25) is 0 Å². The minimum Gasteiger partial charge on any atom is -0.322 e. The third-order valence-electron chi connectivity index (χ3n) is 4.24. The largest absolute Gasteiger partial charge is 0.416 e. The summed E-state index contributed by atoms with van der Waals surface area (Å²) in [6.45, 7) is 0. The van der Waals surface area contributed by atoms with Crippen LogP contribution in [0.2, 0.25) is 0 Å². The van der Waals surface area contributed by atoms with Gasteiger partial charge in [-0.25, -0.2) is 4.98 Å². The van der Waals surface area contributed by atoms with Gasteiger partial charge in [0.1, 0.15) is 5.65 Å². The van der Waals surface area contributed by atoms with Gasteiger partial charge < -0.3 is 9.72 Å². The summed E-state index contributed by atoms with van der Waals surface area (Å²) in [5.74, 6) is -0.508. The third kappa shape index (κ3) is 3.59. The first-order valence-corrected chi connectivity index (χ1v) is 8.43. The van der Waals surface area contributed by atoms with E-state index in [1.165, 1.54) is 12.1 Å². The fraction of sp³-hybridized carbons (Fsp3) is 0.0476. The molecule has 0 unspecified atom stereocenters. The molecule has 0 radical (unpaired) electrons. The smallest absolute Gasteiger partial charge is 0.322 e. The van der Waals surface area contributed by atoms with Crippen molar-refractivity contribution in [2.45, 2.75) is 6.18 Å². The van der Waals surface area contributed by atoms with Crippen molar-refractivity contribution in [2.75, 3.05) is 5.32 Å². The molecule has 0 aliphatic carbocycles. The van der Waals surface area contributed by atoms with Gasteiger partial charge >= 0.3 is 6.18 Å². The van der Waals surface area contributed by atoms with Gasteiger partial charge in [-0.3, -0.25) is 4.79 Å². The summed E-state index contributed by atoms with van der Waals surface area (Å²) < 4.78 is 40.2. The number of benzene rings is 2. The van der Waals surface area contributed by atoms with Gasteiger partial charge in [-0.15, -0.1) is 0 Å². The summed E-state index contributed by atoms with van der Waals surface area (Å²) in [6.07, 6.45) is -0.932. The molecule has 2 aromatic heterocycles. The summed E-state index contributed by atoms with van der Waals surface area (Å²) in [4.78, 5) is 17.0. The minimum atomic E-state index is -4.47. The minimum absolute atomic E-state index is 0.0769. The number of hydrogen-bond donors (Lipinski definition) is 1. The molecule has 0 aliphatic rings. The average Bonchev–Trinajstić information content (AvgIpc) is 3.11. The van der Waals surface area contributed by atoms with E-state index in [2.05, 4.69) is 10.3 Å². The van der Waals surface area contributed by atoms with Crippen LogP contribution in [-0.4, -0.2) is 15.3 Å². The summed E-state index contributed by atoms with van der Waals surface area (Å²) in [5, 5.41) is 2.50. The lowest BCUT2D eigenvalue weighted by atomic mass is 10.2. The lowest BCUT2D eigenvalue weighted by molar-refractivity contribution is -0.137. The normalized spacial score (nSPS) is 11.5. The van der Waals surface area contributed by atoms with Crippen molar-refractivity contribution in [3.05, 3.63) is 90.3 Å². The number of carbonyl (C=O) groups excluding carboxylic acids is 1. The Morgan fingerprint density at radius 1 is 0.964 bits per heavy atom. The van der Waals surface area contributed by atoms with E-state index in [-0.39, 0.29) is 5.69 Å². The quantitative estimate of drug-likeness (QED) is 0.525. The van der Waals surface area contributed by atoms with Crippen LogP contribution < -0.4 is 5.32 Å². The number of fused-ring (bicyclic) bond motifs is 1. The molecule has 0 saturated carbocycles. The number of carbonyl (C=O) groups is 1. The van der Waals surface area contributed by atoms with Crippen molar-refractivity contribution < 1.29 is 18.0 Å². The van der Waals surface area contributed by atoms with Gasteiger partial charge in [0, 0.05) is 29.2 Å². The summed E-state index contributed by atoms with van der Waals surface area (Å²) in [5.41, 5.74) is 1.83. The number of nitrogens with zero attached hydrogens (tertiary/aromatic N) is 2. The molecule has 1 N–H and O–H groups in total. The molecule has 2 aromatic carbocycles. The predicted octanol–water partition coefficient (Wildman–Crippen LogP) is 5.27. The van der Waals surface area contributed by atoms with E-state index < -0.39 is 17.6 Å². The maximum atomic E-state index is 12.8. The fourth-order valence-electron chi connectivity index (χ4n) is 2.85. The summed E-state index contributed by atoms with van der Waals surface area (Å²) >= 11 is 0. The molecule has 4 aromatic rings. The van der Waals surface area contributed by atoms with E-state index in [1.807, 2.05) is 36.5 Å². The number of aromatic nitrogens is 2. The summed E-state index contributed by atoms with van der Waals surface area (Å²) in [6, 6.07) is 17.3. The predicted molar refractivity (Wildman–Crippen MR) is 100 cm³/mol. The highest BCUT2D eigenvalue weighted by Crippen LogP contribution is 2.30. The highest BCUT2D eigenvalue weighted by Gasteiger charge is 2.30. The second-order valence-electron chi connectivity index (χ2n) is 6.21. The topological polar surface area (TPSA) is 46.4 Å². The molecule has 0 atom stereocenters. The number of alkyl halides is 3. The van der Waals surface area contributed by atoms with Gasteiger partial charge in [-0.2, -0.15) is 13.2 Å². The Balaban J connectivity index is 1.60. The Bertz CT molecular complexity index is 1150. The zero-order chi connectivity index (χ0) is 19.7. The Kier molecular flexibility index (Phi) is 4.35. The van der Waals surface area contributed by atoms with Crippen molar-refractivity contribution in [2.24, 2.45) is 0 Å². The van der Waals surface area contributed by atoms with Crippen LogP contribution in [0.5, 0.6) is 0 Å². The van der Waals surface area contributed by atoms with Crippen molar-refractivity contribution in [1.82, 2.24) is 9.38 Å². The number of rotatable bonds is 3. The second-order valence-corrected chi connectivity index (χ2v) is 6.21. The number of amides is 1. The van der Waals surface area contributed by atoms with Gasteiger partial charge in [-0.1, -0.05) is 36.4 Å². The molecular weight excluding hydrogens is 367 g/mol. The van der Waals surface area contributed by atoms with Crippen LogP contribution >= 0.6 is 0 Å². The van der Waals surface area contributed by atoms with Gasteiger partial charge in [0.15, 0.2) is 0 Å². The molecule has 2 heterocycles. The van der Waals surface area contributed by atoms with Crippen molar-refractivity contribution in [3.63, 3.8) is 0 Å². The van der Waals surface area contributed by atoms with Crippen molar-refractivity contribution >= 4 is 17.2 Å². The summed E-state index contributed by atoms with van der Waals surface area (Å²) in [7, 11) is 0. The van der Waals surface area contributed by atoms with Crippen molar-refractivity contribution in [3.8, 4) is 11.3 Å². The molecule has 28 heavy (non-hydrogen) atoms. The first-order chi connectivity index (χ1) is 13.4. The van der Waals surface area contributed by atoms with Crippen LogP contribution in [0.25, 0.3) is 16.9 Å². The lowest BCUT2D eigenvalue weighted by Crippen LogP contribution is -2.13. The Hall–Kier alpha value is -3.61. The number of pyridine rings is 1. The fourth-order valence-corrected chi connectivity index (χ4v) is 2.85. The zero-order valence-electron chi connectivity index (χ0n) is 14.4. The second kappa shape index (κ2) is 6.84. The van der Waals surface area contributed by atoms with Crippen LogP contribution in [0.15, 0.2) is 79.1 Å². The van der Waals surface area contributed by atoms with E-state index in [0.717, 1.165) is 23.4 Å². The standard InChI is InChI=1S/C21H14F3N3O/c22-21(23,24)16-7-4-8-17(12-16)25-20(28)15-9-10-27-13-18(26-19(27)11-15)14-5-2-1-3-6-14/h1-13H,(H,25,28). The van der Waals surface area contributed by atoms with Gasteiger partial charge in [0.05, 0.1) is 11.3 Å². The van der Waals surface area contributed by atoms with E-state index in [4.69, 9.17) is 0 Å². The number of anilines is 1. The van der Waals surface area contributed by atoms with Crippen LogP contribution in [0.4, 0.5) is 18.9 Å². The maximum absolute atomic E-state index is 12.8. The molecule has 0 fully saturated rings. The highest BCUT2D eigenvalue weighted by atomic mass is 19.4. The molecule has 0 bridgehead atoms. The molecule has 4 rings (SSSR count). The molecule has 1 amide bonds. The number of imidazole rings is 1. The molecule has 0 aliphatic heterocycles. The van der Waals surface area contributed by atoms with Crippen LogP contribution in [0.1, 0.15) is 15.9 Å². The third-order valence-corrected chi connectivity index (χ3v) is 4.24. The molecule has 140 valence electrons. The number of halogens is 3. The number of hydrogen-bond acceptors (Lipinski definition) is 2. The molecular formula is C21H14F3N3O. The van der Waals surface area contributed by atoms with E-state index in [1.54, 1.807) is 22.7 Å². The van der Waals surface area contributed by atoms with Gasteiger partial charge in [0.25, 0.3) is 5.91 Å². The number of nitrogens with one attached hydrogen (secondary N) is 1. The van der Waals surface area contributed by atoms with E-state index in [0.29, 0.717) is 11.2 Å². The van der Waals surface area contributed by atoms with Crippen molar-refractivity contribution in [1.29, 1.82) is 0 Å². The first-order valence-electron chi connectivity index (χ1n) is 8.43.